The third kappa shape index (κ3) is 9.96. The number of hydrogen-bond donors (Lipinski definition) is 1. The van der Waals surface area contributed by atoms with Gasteiger partial charge in [-0.25, -0.2) is 8.42 Å². The summed E-state index contributed by atoms with van der Waals surface area (Å²) < 4.78 is 26.9. The fraction of sp³-hybridized carbons (Fsp3) is 0.429. The quantitative estimate of drug-likeness (QED) is 0.207. The van der Waals surface area contributed by atoms with Crippen LogP contribution in [0.15, 0.2) is 66.7 Å². The van der Waals surface area contributed by atoms with Gasteiger partial charge in [-0.15, -0.1) is 0 Å². The van der Waals surface area contributed by atoms with Crippen LogP contribution in [0.2, 0.25) is 10.0 Å². The van der Waals surface area contributed by atoms with Gasteiger partial charge in [-0.2, -0.15) is 0 Å². The van der Waals surface area contributed by atoms with Gasteiger partial charge in [-0.05, 0) is 79.6 Å². The van der Waals surface area contributed by atoms with Crippen molar-refractivity contribution < 1.29 is 18.0 Å². The van der Waals surface area contributed by atoms with E-state index in [0.29, 0.717) is 22.2 Å². The van der Waals surface area contributed by atoms with Crippen LogP contribution in [0.1, 0.15) is 67.2 Å². The van der Waals surface area contributed by atoms with E-state index in [1.807, 2.05) is 56.3 Å². The number of benzene rings is 3. The molecule has 0 spiro atoms. The standard InChI is InChI=1S/C35H43Cl2N3O4S/c1-25-16-18-30(21-26(25)2)40(45(3,43)44)20-10-15-34(41)39(24-28-17-19-31(36)32(37)22-28)33(23-27-11-6-4-7-12-27)35(42)38-29-13-8-5-9-14-29/h4,6-7,11-12,16-19,21-22,29,33H,5,8-10,13-15,20,23-24H2,1-3H3,(H,38,42). The van der Waals surface area contributed by atoms with Crippen LogP contribution >= 0.6 is 23.2 Å². The summed E-state index contributed by atoms with van der Waals surface area (Å²) in [7, 11) is -3.59. The van der Waals surface area contributed by atoms with Crippen molar-refractivity contribution in [1.29, 1.82) is 0 Å². The molecule has 3 aromatic carbocycles. The maximum Gasteiger partial charge on any atom is 0.243 e. The Morgan fingerprint density at radius 2 is 1.60 bits per heavy atom. The van der Waals surface area contributed by atoms with Crippen LogP contribution in [0.3, 0.4) is 0 Å². The minimum Gasteiger partial charge on any atom is -0.352 e. The van der Waals surface area contributed by atoms with Gasteiger partial charge in [0.15, 0.2) is 0 Å². The van der Waals surface area contributed by atoms with E-state index in [-0.39, 0.29) is 43.8 Å². The number of amides is 2. The second-order valence-corrected chi connectivity index (χ2v) is 14.7. The van der Waals surface area contributed by atoms with Crippen molar-refractivity contribution >= 4 is 50.7 Å². The summed E-state index contributed by atoms with van der Waals surface area (Å²) in [5.41, 5.74) is 4.30. The van der Waals surface area contributed by atoms with Crippen LogP contribution in [0.25, 0.3) is 0 Å². The summed E-state index contributed by atoms with van der Waals surface area (Å²) in [6.07, 6.45) is 6.98. The zero-order chi connectivity index (χ0) is 32.6. The van der Waals surface area contributed by atoms with Gasteiger partial charge in [-0.3, -0.25) is 13.9 Å². The van der Waals surface area contributed by atoms with Gasteiger partial charge < -0.3 is 10.2 Å². The maximum atomic E-state index is 14.1. The molecule has 1 unspecified atom stereocenters. The monoisotopic (exact) mass is 671 g/mol. The average molecular weight is 673 g/mol. The van der Waals surface area contributed by atoms with Gasteiger partial charge >= 0.3 is 0 Å². The Balaban J connectivity index is 1.61. The number of nitrogens with one attached hydrogen (secondary N) is 1. The zero-order valence-electron chi connectivity index (χ0n) is 26.3. The van der Waals surface area contributed by atoms with Crippen molar-refractivity contribution in [2.75, 3.05) is 17.1 Å². The Morgan fingerprint density at radius 3 is 2.24 bits per heavy atom. The number of carbonyl (C=O) groups is 2. The highest BCUT2D eigenvalue weighted by Gasteiger charge is 2.32. The first-order chi connectivity index (χ1) is 21.4. The zero-order valence-corrected chi connectivity index (χ0v) is 28.6. The lowest BCUT2D eigenvalue weighted by molar-refractivity contribution is -0.141. The molecule has 0 saturated heterocycles. The largest absolute Gasteiger partial charge is 0.352 e. The van der Waals surface area contributed by atoms with Crippen molar-refractivity contribution in [3.8, 4) is 0 Å². The van der Waals surface area contributed by atoms with Gasteiger partial charge in [0.2, 0.25) is 21.8 Å². The van der Waals surface area contributed by atoms with E-state index < -0.39 is 16.1 Å². The van der Waals surface area contributed by atoms with E-state index in [1.165, 1.54) is 10.6 Å². The van der Waals surface area contributed by atoms with Crippen molar-refractivity contribution in [1.82, 2.24) is 10.2 Å². The summed E-state index contributed by atoms with van der Waals surface area (Å²) in [5.74, 6) is -0.429. The minimum atomic E-state index is -3.59. The van der Waals surface area contributed by atoms with Crippen LogP contribution < -0.4 is 9.62 Å². The highest BCUT2D eigenvalue weighted by Crippen LogP contribution is 2.26. The molecule has 0 heterocycles. The molecule has 242 valence electrons. The summed E-state index contributed by atoms with van der Waals surface area (Å²) in [5, 5.41) is 4.01. The van der Waals surface area contributed by atoms with Gasteiger partial charge in [0.05, 0.1) is 22.0 Å². The first-order valence-electron chi connectivity index (χ1n) is 15.5. The second-order valence-electron chi connectivity index (χ2n) is 12.0. The summed E-state index contributed by atoms with van der Waals surface area (Å²) >= 11 is 12.5. The molecule has 1 aliphatic carbocycles. The van der Waals surface area contributed by atoms with Crippen LogP contribution in [0.4, 0.5) is 5.69 Å². The Labute approximate surface area is 278 Å². The second kappa shape index (κ2) is 16.0. The molecule has 2 amide bonds. The van der Waals surface area contributed by atoms with E-state index in [2.05, 4.69) is 5.32 Å². The fourth-order valence-corrected chi connectivity index (χ4v) is 7.10. The molecule has 7 nitrogen and oxygen atoms in total. The number of nitrogens with zero attached hydrogens (tertiary/aromatic N) is 2. The lowest BCUT2D eigenvalue weighted by atomic mass is 9.94. The number of anilines is 1. The number of sulfonamides is 1. The number of rotatable bonds is 13. The molecule has 3 aromatic rings. The number of carbonyl (C=O) groups excluding carboxylic acids is 2. The molecule has 0 radical (unpaired) electrons. The van der Waals surface area contributed by atoms with Crippen molar-refractivity contribution in [3.05, 3.63) is 99.0 Å². The van der Waals surface area contributed by atoms with E-state index >= 15 is 0 Å². The third-order valence-corrected chi connectivity index (χ3v) is 10.4. The third-order valence-electron chi connectivity index (χ3n) is 8.49. The summed E-state index contributed by atoms with van der Waals surface area (Å²) in [6.45, 7) is 4.19. The van der Waals surface area contributed by atoms with Gasteiger partial charge in [0.1, 0.15) is 6.04 Å². The lowest BCUT2D eigenvalue weighted by Gasteiger charge is -2.34. The van der Waals surface area contributed by atoms with E-state index in [4.69, 9.17) is 23.2 Å². The molecule has 45 heavy (non-hydrogen) atoms. The van der Waals surface area contributed by atoms with Crippen molar-refractivity contribution in [2.24, 2.45) is 0 Å². The molecule has 4 rings (SSSR count). The smallest absolute Gasteiger partial charge is 0.243 e. The summed E-state index contributed by atoms with van der Waals surface area (Å²) in [4.78, 5) is 29.7. The number of hydrogen-bond acceptors (Lipinski definition) is 4. The summed E-state index contributed by atoms with van der Waals surface area (Å²) in [6, 6.07) is 19.7. The predicted molar refractivity (Wildman–Crippen MR) is 183 cm³/mol. The molecular formula is C35H43Cl2N3O4S. The van der Waals surface area contributed by atoms with Crippen LogP contribution in [0.5, 0.6) is 0 Å². The van der Waals surface area contributed by atoms with E-state index in [1.54, 1.807) is 29.2 Å². The molecular weight excluding hydrogens is 629 g/mol. The Morgan fingerprint density at radius 1 is 0.889 bits per heavy atom. The fourth-order valence-electron chi connectivity index (χ4n) is 5.82. The van der Waals surface area contributed by atoms with E-state index in [0.717, 1.165) is 54.4 Å². The Kier molecular flexibility index (Phi) is 12.3. The first kappa shape index (κ1) is 34.8. The average Bonchev–Trinajstić information content (AvgIpc) is 3.00. The Bertz CT molecular complexity index is 1580. The van der Waals surface area contributed by atoms with Crippen LogP contribution in [-0.4, -0.2) is 50.0 Å². The predicted octanol–water partition coefficient (Wildman–Crippen LogP) is 7.25. The minimum absolute atomic E-state index is 0.0557. The number of aryl methyl sites for hydroxylation is 2. The van der Waals surface area contributed by atoms with Gasteiger partial charge in [0.25, 0.3) is 0 Å². The molecule has 1 atom stereocenters. The van der Waals surface area contributed by atoms with Gasteiger partial charge in [-0.1, -0.05) is 84.9 Å². The molecule has 0 aromatic heterocycles. The maximum absolute atomic E-state index is 14.1. The number of halogens is 2. The molecule has 1 aliphatic rings. The molecule has 0 aliphatic heterocycles. The molecule has 1 saturated carbocycles. The van der Waals surface area contributed by atoms with Crippen molar-refractivity contribution in [2.45, 2.75) is 83.8 Å². The van der Waals surface area contributed by atoms with Crippen LogP contribution in [0, 0.1) is 13.8 Å². The molecule has 1 fully saturated rings. The highest BCUT2D eigenvalue weighted by molar-refractivity contribution is 7.92. The highest BCUT2D eigenvalue weighted by atomic mass is 35.5. The SMILES string of the molecule is Cc1ccc(N(CCCC(=O)N(Cc2ccc(Cl)c(Cl)c2)C(Cc2ccccc2)C(=O)NC2CCCCC2)S(C)(=O)=O)cc1C. The molecule has 0 bridgehead atoms. The van der Waals surface area contributed by atoms with E-state index in [9.17, 15) is 18.0 Å². The van der Waals surface area contributed by atoms with Gasteiger partial charge in [0, 0.05) is 32.0 Å². The topological polar surface area (TPSA) is 86.8 Å². The van der Waals surface area contributed by atoms with Crippen LogP contribution in [-0.2, 0) is 32.6 Å². The molecule has 10 heteroatoms. The normalized spacial score (nSPS) is 14.5. The van der Waals surface area contributed by atoms with Crippen molar-refractivity contribution in [3.63, 3.8) is 0 Å². The molecule has 1 N–H and O–H groups in total. The first-order valence-corrected chi connectivity index (χ1v) is 18.2. The lowest BCUT2D eigenvalue weighted by Crippen LogP contribution is -2.52. The Hall–Kier alpha value is -3.07.